The van der Waals surface area contributed by atoms with Gasteiger partial charge in [-0.15, -0.1) is 5.10 Å². The molecule has 0 bridgehead atoms. The first kappa shape index (κ1) is 14.2. The Labute approximate surface area is 113 Å². The fourth-order valence-corrected chi connectivity index (χ4v) is 1.87. The zero-order valence-corrected chi connectivity index (χ0v) is 11.0. The lowest BCUT2D eigenvalue weighted by Crippen LogP contribution is -2.08. The van der Waals surface area contributed by atoms with E-state index in [9.17, 15) is 18.0 Å². The van der Waals surface area contributed by atoms with Crippen molar-refractivity contribution in [1.82, 2.24) is 15.0 Å². The molecule has 1 aromatic carbocycles. The van der Waals surface area contributed by atoms with Crippen molar-refractivity contribution in [2.75, 3.05) is 0 Å². The topological polar surface area (TPSA) is 47.8 Å². The van der Waals surface area contributed by atoms with Gasteiger partial charge >= 0.3 is 0 Å². The number of ketones is 1. The highest BCUT2D eigenvalue weighted by molar-refractivity contribution is 5.95. The van der Waals surface area contributed by atoms with E-state index < -0.39 is 17.5 Å². The number of halogens is 3. The summed E-state index contributed by atoms with van der Waals surface area (Å²) in [7, 11) is 0. The van der Waals surface area contributed by atoms with E-state index in [-0.39, 0.29) is 23.6 Å². The average Bonchev–Trinajstić information content (AvgIpc) is 2.85. The number of hydrogen-bond donors (Lipinski definition) is 0. The van der Waals surface area contributed by atoms with E-state index in [1.54, 1.807) is 13.8 Å². The molecule has 7 heteroatoms. The number of carbonyl (C=O) groups excluding carboxylic acids is 1. The van der Waals surface area contributed by atoms with Crippen molar-refractivity contribution in [3.63, 3.8) is 0 Å². The molecule has 0 aliphatic rings. The minimum absolute atomic E-state index is 0.124. The zero-order chi connectivity index (χ0) is 14.9. The van der Waals surface area contributed by atoms with Gasteiger partial charge in [-0.3, -0.25) is 4.79 Å². The standard InChI is InChI=1S/C13H12F3N3O/c1-3-10-13(12(20)4-2)17-18-19(10)11-6-8(15)7(14)5-9(11)16/h5-6H,3-4H2,1-2H3. The third-order valence-electron chi connectivity index (χ3n) is 2.90. The van der Waals surface area contributed by atoms with E-state index in [4.69, 9.17) is 0 Å². The molecule has 0 atom stereocenters. The second-order valence-corrected chi connectivity index (χ2v) is 4.14. The highest BCUT2D eigenvalue weighted by Crippen LogP contribution is 2.20. The summed E-state index contributed by atoms with van der Waals surface area (Å²) in [4.78, 5) is 11.7. The predicted octanol–water partition coefficient (Wildman–Crippen LogP) is 2.84. The van der Waals surface area contributed by atoms with E-state index >= 15 is 0 Å². The average molecular weight is 283 g/mol. The van der Waals surface area contributed by atoms with Gasteiger partial charge in [-0.1, -0.05) is 19.1 Å². The minimum atomic E-state index is -1.28. The number of benzene rings is 1. The maximum absolute atomic E-state index is 13.7. The lowest BCUT2D eigenvalue weighted by atomic mass is 10.1. The van der Waals surface area contributed by atoms with Crippen molar-refractivity contribution in [1.29, 1.82) is 0 Å². The molecular weight excluding hydrogens is 271 g/mol. The molecule has 0 amide bonds. The number of nitrogens with zero attached hydrogens (tertiary/aromatic N) is 3. The first-order chi connectivity index (χ1) is 9.49. The molecule has 20 heavy (non-hydrogen) atoms. The van der Waals surface area contributed by atoms with Crippen molar-refractivity contribution in [3.8, 4) is 5.69 Å². The highest BCUT2D eigenvalue weighted by atomic mass is 19.2. The van der Waals surface area contributed by atoms with Crippen LogP contribution < -0.4 is 0 Å². The number of Topliss-reactive ketones (excluding diaryl/α,β-unsaturated/α-hetero) is 1. The van der Waals surface area contributed by atoms with Crippen molar-refractivity contribution < 1.29 is 18.0 Å². The number of rotatable bonds is 4. The molecule has 0 unspecified atom stereocenters. The first-order valence-electron chi connectivity index (χ1n) is 6.12. The molecule has 0 aliphatic heterocycles. The second kappa shape index (κ2) is 5.44. The molecule has 1 heterocycles. The van der Waals surface area contributed by atoms with Gasteiger partial charge in [-0.25, -0.2) is 17.9 Å². The van der Waals surface area contributed by atoms with E-state index in [0.29, 0.717) is 24.2 Å². The molecule has 2 rings (SSSR count). The SMILES string of the molecule is CCC(=O)c1nnn(-c2cc(F)c(F)cc2F)c1CC. The second-order valence-electron chi connectivity index (χ2n) is 4.14. The molecule has 2 aromatic rings. The van der Waals surface area contributed by atoms with Gasteiger partial charge in [0.15, 0.2) is 28.9 Å². The van der Waals surface area contributed by atoms with Gasteiger partial charge in [0.2, 0.25) is 0 Å². The van der Waals surface area contributed by atoms with E-state index in [0.717, 1.165) is 4.68 Å². The molecule has 0 radical (unpaired) electrons. The summed E-state index contributed by atoms with van der Waals surface area (Å²) in [5.41, 5.74) is 0.212. The lowest BCUT2D eigenvalue weighted by molar-refractivity contribution is 0.0982. The summed E-state index contributed by atoms with van der Waals surface area (Å²) in [6, 6.07) is 1.13. The Bertz CT molecular complexity index is 667. The molecule has 1 aromatic heterocycles. The predicted molar refractivity (Wildman–Crippen MR) is 65.2 cm³/mol. The Morgan fingerprint density at radius 1 is 1.15 bits per heavy atom. The fraction of sp³-hybridized carbons (Fsp3) is 0.308. The number of aromatic nitrogens is 3. The first-order valence-corrected chi connectivity index (χ1v) is 6.12. The maximum atomic E-state index is 13.7. The van der Waals surface area contributed by atoms with Crippen LogP contribution in [0.1, 0.15) is 36.5 Å². The zero-order valence-electron chi connectivity index (χ0n) is 11.0. The fourth-order valence-electron chi connectivity index (χ4n) is 1.87. The Hall–Kier alpha value is -2.18. The summed E-state index contributed by atoms with van der Waals surface area (Å²) in [5.74, 6) is -3.69. The molecule has 0 saturated carbocycles. The molecule has 0 fully saturated rings. The van der Waals surface area contributed by atoms with Gasteiger partial charge in [0.1, 0.15) is 5.69 Å². The highest BCUT2D eigenvalue weighted by Gasteiger charge is 2.21. The van der Waals surface area contributed by atoms with Crippen LogP contribution in [0.25, 0.3) is 5.69 Å². The Kier molecular flexibility index (Phi) is 3.87. The van der Waals surface area contributed by atoms with Crippen molar-refractivity contribution in [2.45, 2.75) is 26.7 Å². The summed E-state index contributed by atoms with van der Waals surface area (Å²) < 4.78 is 40.9. The van der Waals surface area contributed by atoms with Crippen LogP contribution >= 0.6 is 0 Å². The third kappa shape index (κ3) is 2.31. The summed E-state index contributed by atoms with van der Waals surface area (Å²) in [6.45, 7) is 3.40. The Morgan fingerprint density at radius 2 is 1.80 bits per heavy atom. The van der Waals surface area contributed by atoms with E-state index in [1.807, 2.05) is 0 Å². The van der Waals surface area contributed by atoms with E-state index in [1.165, 1.54) is 0 Å². The normalized spacial score (nSPS) is 10.8. The van der Waals surface area contributed by atoms with Crippen LogP contribution in [0.5, 0.6) is 0 Å². The largest absolute Gasteiger partial charge is 0.292 e. The summed E-state index contributed by atoms with van der Waals surface area (Å²) in [6.07, 6.45) is 0.582. The van der Waals surface area contributed by atoms with Crippen molar-refractivity contribution in [3.05, 3.63) is 41.0 Å². The van der Waals surface area contributed by atoms with Gasteiger partial charge < -0.3 is 0 Å². The van der Waals surface area contributed by atoms with Crippen LogP contribution in [0.3, 0.4) is 0 Å². The van der Waals surface area contributed by atoms with Crippen LogP contribution in [0.2, 0.25) is 0 Å². The van der Waals surface area contributed by atoms with Crippen LogP contribution in [-0.4, -0.2) is 20.8 Å². The maximum Gasteiger partial charge on any atom is 0.184 e. The monoisotopic (exact) mass is 283 g/mol. The van der Waals surface area contributed by atoms with Crippen molar-refractivity contribution in [2.24, 2.45) is 0 Å². The van der Waals surface area contributed by atoms with Gasteiger partial charge in [-0.05, 0) is 6.42 Å². The molecular formula is C13H12F3N3O. The lowest BCUT2D eigenvalue weighted by Gasteiger charge is -2.07. The molecule has 0 N–H and O–H groups in total. The summed E-state index contributed by atoms with van der Waals surface area (Å²) in [5, 5.41) is 7.38. The van der Waals surface area contributed by atoms with Gasteiger partial charge in [0.25, 0.3) is 0 Å². The number of carbonyl (C=O) groups is 1. The molecule has 0 saturated heterocycles. The third-order valence-corrected chi connectivity index (χ3v) is 2.90. The van der Waals surface area contributed by atoms with Crippen LogP contribution in [0, 0.1) is 17.5 Å². The minimum Gasteiger partial charge on any atom is -0.292 e. The molecule has 0 aliphatic carbocycles. The van der Waals surface area contributed by atoms with Crippen molar-refractivity contribution >= 4 is 5.78 Å². The Morgan fingerprint density at radius 3 is 2.40 bits per heavy atom. The molecule has 4 nitrogen and oxygen atoms in total. The van der Waals surface area contributed by atoms with Crippen LogP contribution in [-0.2, 0) is 6.42 Å². The van der Waals surface area contributed by atoms with E-state index in [2.05, 4.69) is 10.3 Å². The van der Waals surface area contributed by atoms with Crippen LogP contribution in [0.4, 0.5) is 13.2 Å². The quantitative estimate of drug-likeness (QED) is 0.640. The van der Waals surface area contributed by atoms with Gasteiger partial charge in [-0.2, -0.15) is 0 Å². The smallest absolute Gasteiger partial charge is 0.184 e. The Balaban J connectivity index is 2.62. The molecule has 0 spiro atoms. The van der Waals surface area contributed by atoms with Gasteiger partial charge in [0.05, 0.1) is 5.69 Å². The van der Waals surface area contributed by atoms with Crippen LogP contribution in [0.15, 0.2) is 12.1 Å². The van der Waals surface area contributed by atoms with Gasteiger partial charge in [0, 0.05) is 18.6 Å². The number of hydrogen-bond acceptors (Lipinski definition) is 3. The summed E-state index contributed by atoms with van der Waals surface area (Å²) >= 11 is 0. The molecule has 106 valence electrons.